The number of benzene rings is 3. The number of carbonyl (C=O) groups excluding carboxylic acids is 1. The number of amides is 1. The number of amidine groups is 1. The zero-order valence-corrected chi connectivity index (χ0v) is 18.9. The maximum Gasteiger partial charge on any atom is 0.267 e. The predicted octanol–water partition coefficient (Wildman–Crippen LogP) is 5.62. The molecule has 0 aliphatic carbocycles. The maximum atomic E-state index is 13.5. The van der Waals surface area contributed by atoms with Gasteiger partial charge in [-0.2, -0.15) is 0 Å². The first-order valence-electron chi connectivity index (χ1n) is 10.7. The summed E-state index contributed by atoms with van der Waals surface area (Å²) >= 11 is 1.36. The van der Waals surface area contributed by atoms with Gasteiger partial charge in [-0.15, -0.1) is 0 Å². The van der Waals surface area contributed by atoms with E-state index in [9.17, 15) is 4.79 Å². The van der Waals surface area contributed by atoms with Gasteiger partial charge in [0.25, 0.3) is 5.91 Å². The van der Waals surface area contributed by atoms with Crippen LogP contribution in [0.1, 0.15) is 18.1 Å². The number of thioether (sulfide) groups is 1. The maximum absolute atomic E-state index is 13.5. The topological polar surface area (TPSA) is 60.4 Å². The summed E-state index contributed by atoms with van der Waals surface area (Å²) in [5, 5.41) is 0.639. The van der Waals surface area contributed by atoms with Crippen LogP contribution in [0.15, 0.2) is 82.7 Å². The summed E-state index contributed by atoms with van der Waals surface area (Å²) < 4.78 is 16.8. The summed E-state index contributed by atoms with van der Waals surface area (Å²) in [6, 6.07) is 23.2. The number of fused-ring (bicyclic) bond motifs is 1. The number of hydrogen-bond acceptors (Lipinski definition) is 6. The van der Waals surface area contributed by atoms with Crippen LogP contribution >= 0.6 is 11.8 Å². The van der Waals surface area contributed by atoms with Crippen LogP contribution in [0.2, 0.25) is 0 Å². The third-order valence-electron chi connectivity index (χ3n) is 5.14. The lowest BCUT2D eigenvalue weighted by Gasteiger charge is -2.15. The minimum absolute atomic E-state index is 0.0985. The van der Waals surface area contributed by atoms with E-state index in [0.717, 1.165) is 16.8 Å². The molecule has 1 fully saturated rings. The van der Waals surface area contributed by atoms with E-state index in [2.05, 4.69) is 0 Å². The van der Waals surface area contributed by atoms with Crippen molar-refractivity contribution in [2.45, 2.75) is 13.5 Å². The summed E-state index contributed by atoms with van der Waals surface area (Å²) in [5.74, 6) is 1.83. The molecule has 2 aliphatic heterocycles. The molecule has 0 unspecified atom stereocenters. The van der Waals surface area contributed by atoms with Gasteiger partial charge in [-0.25, -0.2) is 4.99 Å². The van der Waals surface area contributed by atoms with E-state index in [0.29, 0.717) is 40.5 Å². The van der Waals surface area contributed by atoms with Crippen LogP contribution in [0.3, 0.4) is 0 Å². The number of carbonyl (C=O) groups is 1. The summed E-state index contributed by atoms with van der Waals surface area (Å²) in [5.41, 5.74) is 2.59. The van der Waals surface area contributed by atoms with Crippen LogP contribution < -0.4 is 14.2 Å². The lowest BCUT2D eigenvalue weighted by Crippen LogP contribution is -2.28. The average molecular weight is 459 g/mol. The van der Waals surface area contributed by atoms with Crippen LogP contribution in [0.25, 0.3) is 6.08 Å². The first kappa shape index (κ1) is 21.2. The van der Waals surface area contributed by atoms with Crippen LogP contribution in [0.5, 0.6) is 17.2 Å². The third kappa shape index (κ3) is 4.59. The monoisotopic (exact) mass is 458 g/mol. The zero-order valence-electron chi connectivity index (χ0n) is 18.1. The Morgan fingerprint density at radius 3 is 2.45 bits per heavy atom. The van der Waals surface area contributed by atoms with Crippen molar-refractivity contribution in [3.63, 3.8) is 0 Å². The lowest BCUT2D eigenvalue weighted by atomic mass is 10.1. The molecule has 0 N–H and O–H groups in total. The van der Waals surface area contributed by atoms with Crippen molar-refractivity contribution in [2.75, 3.05) is 13.4 Å². The van der Waals surface area contributed by atoms with E-state index in [1.54, 1.807) is 4.90 Å². The van der Waals surface area contributed by atoms with Gasteiger partial charge in [0.15, 0.2) is 16.7 Å². The van der Waals surface area contributed by atoms with Crippen molar-refractivity contribution in [3.05, 3.63) is 88.8 Å². The molecule has 1 saturated heterocycles. The molecular formula is C26H22N2O4S. The molecule has 33 heavy (non-hydrogen) atoms. The highest BCUT2D eigenvalue weighted by Gasteiger charge is 2.34. The number of ether oxygens (including phenoxy) is 3. The summed E-state index contributed by atoms with van der Waals surface area (Å²) in [4.78, 5) is 20.5. The standard InChI is InChI=1S/C26H22N2O4S/c1-2-30-21-15-23-22(31-17-32-23)13-19(21)14-24-25(29)28(16-18-9-5-3-6-10-18)26(33-24)27-20-11-7-4-8-12-20/h3-15H,2,16-17H2,1H3/b24-14+,27-26?. The smallest absolute Gasteiger partial charge is 0.267 e. The van der Waals surface area contributed by atoms with Crippen molar-refractivity contribution in [2.24, 2.45) is 4.99 Å². The van der Waals surface area contributed by atoms with Gasteiger partial charge < -0.3 is 14.2 Å². The molecule has 5 rings (SSSR count). The fourth-order valence-corrected chi connectivity index (χ4v) is 4.57. The van der Waals surface area contributed by atoms with Gasteiger partial charge in [0.05, 0.1) is 23.7 Å². The van der Waals surface area contributed by atoms with Gasteiger partial charge in [-0.05, 0) is 48.5 Å². The molecule has 2 heterocycles. The van der Waals surface area contributed by atoms with Crippen LogP contribution in [-0.4, -0.2) is 29.4 Å². The molecule has 0 bridgehead atoms. The Balaban J connectivity index is 1.53. The fourth-order valence-electron chi connectivity index (χ4n) is 3.58. The molecule has 1 amide bonds. The summed E-state index contributed by atoms with van der Waals surface area (Å²) in [7, 11) is 0. The molecule has 6 nitrogen and oxygen atoms in total. The zero-order chi connectivity index (χ0) is 22.6. The second-order valence-electron chi connectivity index (χ2n) is 7.39. The summed E-state index contributed by atoms with van der Waals surface area (Å²) in [6.45, 7) is 3.03. The Bertz CT molecular complexity index is 1230. The van der Waals surface area contributed by atoms with Gasteiger partial charge in [0.2, 0.25) is 6.79 Å². The number of nitrogens with zero attached hydrogens (tertiary/aromatic N) is 2. The largest absolute Gasteiger partial charge is 0.493 e. The normalized spacial score (nSPS) is 17.2. The minimum Gasteiger partial charge on any atom is -0.493 e. The first-order valence-corrected chi connectivity index (χ1v) is 11.5. The van der Waals surface area contributed by atoms with Crippen LogP contribution in [-0.2, 0) is 11.3 Å². The number of hydrogen-bond donors (Lipinski definition) is 0. The molecule has 3 aromatic rings. The molecule has 166 valence electrons. The van der Waals surface area contributed by atoms with E-state index in [1.165, 1.54) is 11.8 Å². The molecule has 0 atom stereocenters. The van der Waals surface area contributed by atoms with Crippen molar-refractivity contribution in [1.29, 1.82) is 0 Å². The summed E-state index contributed by atoms with van der Waals surface area (Å²) in [6.07, 6.45) is 1.84. The number of para-hydroxylation sites is 1. The second-order valence-corrected chi connectivity index (χ2v) is 8.40. The fraction of sp³-hybridized carbons (Fsp3) is 0.154. The van der Waals surface area contributed by atoms with Gasteiger partial charge >= 0.3 is 0 Å². The minimum atomic E-state index is -0.0985. The van der Waals surface area contributed by atoms with Gasteiger partial charge in [-0.1, -0.05) is 48.5 Å². The number of rotatable bonds is 6. The highest BCUT2D eigenvalue weighted by molar-refractivity contribution is 8.18. The SMILES string of the molecule is CCOc1cc2c(cc1/C=C1/SC(=Nc3ccccc3)N(Cc3ccccc3)C1=O)OCO2. The highest BCUT2D eigenvalue weighted by Crippen LogP contribution is 2.41. The molecule has 0 saturated carbocycles. The van der Waals surface area contributed by atoms with Gasteiger partial charge in [0.1, 0.15) is 5.75 Å². The van der Waals surface area contributed by atoms with E-state index >= 15 is 0 Å². The van der Waals surface area contributed by atoms with E-state index in [1.807, 2.05) is 85.8 Å². The average Bonchev–Trinajstić information content (AvgIpc) is 3.40. The van der Waals surface area contributed by atoms with E-state index in [-0.39, 0.29) is 12.7 Å². The Morgan fingerprint density at radius 2 is 1.73 bits per heavy atom. The van der Waals surface area contributed by atoms with Crippen LogP contribution in [0, 0.1) is 0 Å². The van der Waals surface area contributed by atoms with Crippen molar-refractivity contribution < 1.29 is 19.0 Å². The second kappa shape index (κ2) is 9.42. The number of aliphatic imine (C=N–C) groups is 1. The molecule has 0 aromatic heterocycles. The third-order valence-corrected chi connectivity index (χ3v) is 6.15. The van der Waals surface area contributed by atoms with E-state index in [4.69, 9.17) is 19.2 Å². The Labute approximate surface area is 196 Å². The van der Waals surface area contributed by atoms with Crippen molar-refractivity contribution in [1.82, 2.24) is 4.90 Å². The molecule has 0 radical (unpaired) electrons. The van der Waals surface area contributed by atoms with Crippen LogP contribution in [0.4, 0.5) is 5.69 Å². The molecule has 0 spiro atoms. The molecular weight excluding hydrogens is 436 g/mol. The lowest BCUT2D eigenvalue weighted by molar-refractivity contribution is -0.122. The van der Waals surface area contributed by atoms with Gasteiger partial charge in [-0.3, -0.25) is 9.69 Å². The van der Waals surface area contributed by atoms with Crippen molar-refractivity contribution in [3.8, 4) is 17.2 Å². The molecule has 2 aliphatic rings. The van der Waals surface area contributed by atoms with Crippen molar-refractivity contribution >= 4 is 34.6 Å². The first-order chi connectivity index (χ1) is 16.2. The Kier molecular flexibility index (Phi) is 6.04. The Morgan fingerprint density at radius 1 is 1.03 bits per heavy atom. The molecule has 7 heteroatoms. The Hall–Kier alpha value is -3.71. The highest BCUT2D eigenvalue weighted by atomic mass is 32.2. The quantitative estimate of drug-likeness (QED) is 0.449. The molecule has 3 aromatic carbocycles. The van der Waals surface area contributed by atoms with E-state index < -0.39 is 0 Å². The predicted molar refractivity (Wildman–Crippen MR) is 130 cm³/mol. The van der Waals surface area contributed by atoms with Gasteiger partial charge in [0, 0.05) is 11.6 Å².